The van der Waals surface area contributed by atoms with Crippen LogP contribution in [-0.4, -0.2) is 25.9 Å². The van der Waals surface area contributed by atoms with Crippen molar-refractivity contribution in [2.75, 3.05) is 19.8 Å². The molecular weight excluding hydrogens is 240 g/mol. The van der Waals surface area contributed by atoms with E-state index in [2.05, 4.69) is 50.5 Å². The number of hydrogen-bond acceptors (Lipinski definition) is 4. The summed E-state index contributed by atoms with van der Waals surface area (Å²) in [7, 11) is 0. The molecule has 0 spiro atoms. The van der Waals surface area contributed by atoms with Crippen LogP contribution in [0.3, 0.4) is 0 Å². The second kappa shape index (κ2) is 6.01. The standard InChI is InChI=1S/C15H24N2O2/c1-15(2,3)12-6-4-11(5-7-12)14(17-16)13-10-18-8-9-19-13/h4-7,13-14,17H,8-10,16H2,1-3H3. The van der Waals surface area contributed by atoms with Crippen molar-refractivity contribution in [3.8, 4) is 0 Å². The van der Waals surface area contributed by atoms with Gasteiger partial charge in [0, 0.05) is 0 Å². The molecule has 3 N–H and O–H groups in total. The van der Waals surface area contributed by atoms with Gasteiger partial charge in [-0.3, -0.25) is 11.3 Å². The van der Waals surface area contributed by atoms with E-state index in [0.29, 0.717) is 19.8 Å². The van der Waals surface area contributed by atoms with Crippen molar-refractivity contribution in [2.24, 2.45) is 5.84 Å². The van der Waals surface area contributed by atoms with E-state index in [9.17, 15) is 0 Å². The van der Waals surface area contributed by atoms with Crippen LogP contribution in [-0.2, 0) is 14.9 Å². The van der Waals surface area contributed by atoms with Gasteiger partial charge in [0.05, 0.1) is 25.9 Å². The molecule has 1 aliphatic rings. The maximum absolute atomic E-state index is 5.72. The average molecular weight is 264 g/mol. The largest absolute Gasteiger partial charge is 0.376 e. The molecule has 0 radical (unpaired) electrons. The number of hydrogen-bond donors (Lipinski definition) is 2. The second-order valence-electron chi connectivity index (χ2n) is 6.00. The fourth-order valence-electron chi connectivity index (χ4n) is 2.31. The summed E-state index contributed by atoms with van der Waals surface area (Å²) in [4.78, 5) is 0. The van der Waals surface area contributed by atoms with Crippen LogP contribution in [0.25, 0.3) is 0 Å². The molecule has 0 aliphatic carbocycles. The van der Waals surface area contributed by atoms with Gasteiger partial charge in [0.15, 0.2) is 0 Å². The minimum atomic E-state index is -0.0330. The molecule has 4 nitrogen and oxygen atoms in total. The van der Waals surface area contributed by atoms with Gasteiger partial charge in [-0.2, -0.15) is 0 Å². The lowest BCUT2D eigenvalue weighted by Gasteiger charge is -2.30. The zero-order valence-electron chi connectivity index (χ0n) is 12.0. The highest BCUT2D eigenvalue weighted by molar-refractivity contribution is 5.29. The van der Waals surface area contributed by atoms with Gasteiger partial charge in [-0.15, -0.1) is 0 Å². The van der Waals surface area contributed by atoms with Crippen LogP contribution < -0.4 is 11.3 Å². The minimum Gasteiger partial charge on any atom is -0.376 e. The van der Waals surface area contributed by atoms with Crippen LogP contribution in [0.5, 0.6) is 0 Å². The number of rotatable bonds is 3. The third-order valence-corrected chi connectivity index (χ3v) is 3.53. The van der Waals surface area contributed by atoms with Crippen LogP contribution in [0.15, 0.2) is 24.3 Å². The van der Waals surface area contributed by atoms with Crippen LogP contribution in [0.4, 0.5) is 0 Å². The number of ether oxygens (including phenoxy) is 2. The Morgan fingerprint density at radius 1 is 1.21 bits per heavy atom. The normalized spacial score (nSPS) is 22.2. The second-order valence-corrected chi connectivity index (χ2v) is 6.00. The maximum atomic E-state index is 5.72. The highest BCUT2D eigenvalue weighted by Gasteiger charge is 2.26. The molecule has 1 heterocycles. The van der Waals surface area contributed by atoms with E-state index < -0.39 is 0 Å². The van der Waals surface area contributed by atoms with Crippen molar-refractivity contribution >= 4 is 0 Å². The number of hydrazine groups is 1. The zero-order chi connectivity index (χ0) is 13.9. The molecule has 1 aromatic rings. The van der Waals surface area contributed by atoms with E-state index in [1.165, 1.54) is 5.56 Å². The van der Waals surface area contributed by atoms with Gasteiger partial charge in [-0.1, -0.05) is 45.0 Å². The predicted octanol–water partition coefficient (Wildman–Crippen LogP) is 1.90. The maximum Gasteiger partial charge on any atom is 0.102 e. The lowest BCUT2D eigenvalue weighted by atomic mass is 9.86. The van der Waals surface area contributed by atoms with Crippen LogP contribution in [0.2, 0.25) is 0 Å². The Bertz CT molecular complexity index is 392. The first kappa shape index (κ1) is 14.5. The Hall–Kier alpha value is -0.940. The molecular formula is C15H24N2O2. The van der Waals surface area contributed by atoms with Gasteiger partial charge in [0.2, 0.25) is 0 Å². The Morgan fingerprint density at radius 2 is 1.89 bits per heavy atom. The summed E-state index contributed by atoms with van der Waals surface area (Å²) in [6.45, 7) is 8.49. The summed E-state index contributed by atoms with van der Waals surface area (Å²) < 4.78 is 11.2. The Kier molecular flexibility index (Phi) is 4.58. The van der Waals surface area contributed by atoms with Gasteiger partial charge in [-0.05, 0) is 16.5 Å². The molecule has 1 aromatic carbocycles. The van der Waals surface area contributed by atoms with E-state index >= 15 is 0 Å². The molecule has 1 fully saturated rings. The van der Waals surface area contributed by atoms with Crippen molar-refractivity contribution in [3.63, 3.8) is 0 Å². The van der Waals surface area contributed by atoms with Crippen molar-refractivity contribution < 1.29 is 9.47 Å². The summed E-state index contributed by atoms with van der Waals surface area (Å²) in [5, 5.41) is 0. The monoisotopic (exact) mass is 264 g/mol. The first-order valence-electron chi connectivity index (χ1n) is 6.78. The molecule has 19 heavy (non-hydrogen) atoms. The lowest BCUT2D eigenvalue weighted by Crippen LogP contribution is -2.43. The highest BCUT2D eigenvalue weighted by Crippen LogP contribution is 2.26. The average Bonchev–Trinajstić information content (AvgIpc) is 2.40. The third kappa shape index (κ3) is 3.54. The number of nitrogens with one attached hydrogen (secondary N) is 1. The Morgan fingerprint density at radius 3 is 2.37 bits per heavy atom. The summed E-state index contributed by atoms with van der Waals surface area (Å²) >= 11 is 0. The predicted molar refractivity (Wildman–Crippen MR) is 75.8 cm³/mol. The summed E-state index contributed by atoms with van der Waals surface area (Å²) in [6.07, 6.45) is -0.0285. The van der Waals surface area contributed by atoms with Crippen LogP contribution in [0.1, 0.15) is 37.9 Å². The summed E-state index contributed by atoms with van der Waals surface area (Å²) in [6, 6.07) is 8.51. The van der Waals surface area contributed by atoms with E-state index in [1.807, 2.05) is 0 Å². The Labute approximate surface area is 115 Å². The van der Waals surface area contributed by atoms with E-state index in [4.69, 9.17) is 15.3 Å². The summed E-state index contributed by atoms with van der Waals surface area (Å²) in [5.74, 6) is 5.67. The summed E-state index contributed by atoms with van der Waals surface area (Å²) in [5.41, 5.74) is 5.45. The van der Waals surface area contributed by atoms with Gasteiger partial charge < -0.3 is 9.47 Å². The quantitative estimate of drug-likeness (QED) is 0.647. The van der Waals surface area contributed by atoms with Gasteiger partial charge in [0.1, 0.15) is 6.10 Å². The van der Waals surface area contributed by atoms with Crippen molar-refractivity contribution in [3.05, 3.63) is 35.4 Å². The molecule has 1 aliphatic heterocycles. The van der Waals surface area contributed by atoms with Crippen LogP contribution in [0, 0.1) is 0 Å². The van der Waals surface area contributed by atoms with Crippen molar-refractivity contribution in [2.45, 2.75) is 38.3 Å². The zero-order valence-corrected chi connectivity index (χ0v) is 12.0. The molecule has 0 saturated carbocycles. The molecule has 106 valence electrons. The van der Waals surface area contributed by atoms with E-state index in [0.717, 1.165) is 5.56 Å². The number of benzene rings is 1. The SMILES string of the molecule is CC(C)(C)c1ccc(C(NN)C2COCCO2)cc1. The highest BCUT2D eigenvalue weighted by atomic mass is 16.6. The van der Waals surface area contributed by atoms with Gasteiger partial charge in [0.25, 0.3) is 0 Å². The van der Waals surface area contributed by atoms with Gasteiger partial charge >= 0.3 is 0 Å². The fraction of sp³-hybridized carbons (Fsp3) is 0.600. The first-order chi connectivity index (χ1) is 9.02. The van der Waals surface area contributed by atoms with E-state index in [1.54, 1.807) is 0 Å². The molecule has 1 saturated heterocycles. The molecule has 4 heteroatoms. The van der Waals surface area contributed by atoms with Crippen LogP contribution >= 0.6 is 0 Å². The Balaban J connectivity index is 2.14. The fourth-order valence-corrected chi connectivity index (χ4v) is 2.31. The van der Waals surface area contributed by atoms with Crippen molar-refractivity contribution in [1.29, 1.82) is 0 Å². The van der Waals surface area contributed by atoms with Crippen molar-refractivity contribution in [1.82, 2.24) is 5.43 Å². The molecule has 2 rings (SSSR count). The molecule has 0 aromatic heterocycles. The first-order valence-corrected chi connectivity index (χ1v) is 6.78. The molecule has 0 amide bonds. The minimum absolute atomic E-state index is 0.0285. The molecule has 0 bridgehead atoms. The lowest BCUT2D eigenvalue weighted by molar-refractivity contribution is -0.102. The van der Waals surface area contributed by atoms with E-state index in [-0.39, 0.29) is 17.6 Å². The molecule has 2 unspecified atom stereocenters. The third-order valence-electron chi connectivity index (χ3n) is 3.53. The topological polar surface area (TPSA) is 56.5 Å². The smallest absolute Gasteiger partial charge is 0.102 e. The van der Waals surface area contributed by atoms with Gasteiger partial charge in [-0.25, -0.2) is 0 Å². The number of nitrogens with two attached hydrogens (primary N) is 1. The molecule has 2 atom stereocenters.